The van der Waals surface area contributed by atoms with Gasteiger partial charge in [0.05, 0.1) is 16.4 Å². The Morgan fingerprint density at radius 2 is 2.07 bits per heavy atom. The largest absolute Gasteiger partial charge is 0.381 e. The number of nitrogen functional groups attached to an aromatic ring is 1. The van der Waals surface area contributed by atoms with Gasteiger partial charge in [-0.05, 0) is 25.1 Å². The average molecular weight is 243 g/mol. The molecule has 0 aliphatic carbocycles. The fourth-order valence-corrected chi connectivity index (χ4v) is 1.58. The number of nitrogens with two attached hydrogens (primary N) is 1. The van der Waals surface area contributed by atoms with Crippen molar-refractivity contribution < 1.29 is 0 Å². The van der Waals surface area contributed by atoms with Gasteiger partial charge in [-0.25, -0.2) is 4.68 Å². The lowest BCUT2D eigenvalue weighted by Crippen LogP contribution is -2.00. The van der Waals surface area contributed by atoms with Crippen LogP contribution in [-0.4, -0.2) is 15.0 Å². The summed E-state index contributed by atoms with van der Waals surface area (Å²) < 4.78 is 1.56. The molecule has 6 heteroatoms. The van der Waals surface area contributed by atoms with Gasteiger partial charge >= 0.3 is 0 Å². The smallest absolute Gasteiger partial charge is 0.169 e. The van der Waals surface area contributed by atoms with E-state index < -0.39 is 0 Å². The molecule has 2 rings (SSSR count). The van der Waals surface area contributed by atoms with E-state index in [2.05, 4.69) is 10.3 Å². The van der Waals surface area contributed by atoms with Gasteiger partial charge in [0.1, 0.15) is 0 Å². The maximum absolute atomic E-state index is 6.02. The number of rotatable bonds is 1. The Bertz CT molecular complexity index is 507. The maximum Gasteiger partial charge on any atom is 0.169 e. The van der Waals surface area contributed by atoms with Gasteiger partial charge in [0.15, 0.2) is 5.82 Å². The van der Waals surface area contributed by atoms with E-state index in [1.807, 2.05) is 6.92 Å². The quantitative estimate of drug-likeness (QED) is 0.836. The minimum atomic E-state index is 0.381. The SMILES string of the molecule is Cc1c(N)nnn1-c1cc(Cl)ccc1Cl. The Labute approximate surface area is 96.6 Å². The molecule has 0 unspecified atom stereocenters. The van der Waals surface area contributed by atoms with Crippen molar-refractivity contribution in [2.45, 2.75) is 6.92 Å². The molecule has 0 amide bonds. The number of aromatic nitrogens is 3. The van der Waals surface area contributed by atoms with Crippen LogP contribution in [0, 0.1) is 6.92 Å². The van der Waals surface area contributed by atoms with Crippen molar-refractivity contribution >= 4 is 29.0 Å². The summed E-state index contributed by atoms with van der Waals surface area (Å²) in [6.07, 6.45) is 0. The van der Waals surface area contributed by atoms with E-state index in [1.54, 1.807) is 22.9 Å². The third-order valence-corrected chi connectivity index (χ3v) is 2.62. The summed E-state index contributed by atoms with van der Waals surface area (Å²) in [5.74, 6) is 0.381. The third kappa shape index (κ3) is 1.78. The molecular formula is C9H8Cl2N4. The van der Waals surface area contributed by atoms with Crippen LogP contribution >= 0.6 is 23.2 Å². The fourth-order valence-electron chi connectivity index (χ4n) is 1.22. The first kappa shape index (κ1) is 10.3. The van der Waals surface area contributed by atoms with Crippen LogP contribution in [-0.2, 0) is 0 Å². The van der Waals surface area contributed by atoms with Crippen LogP contribution in [0.15, 0.2) is 18.2 Å². The Balaban J connectivity index is 2.63. The highest BCUT2D eigenvalue weighted by molar-refractivity contribution is 6.34. The first-order valence-corrected chi connectivity index (χ1v) is 4.98. The highest BCUT2D eigenvalue weighted by Crippen LogP contribution is 2.25. The molecule has 1 heterocycles. The molecule has 0 aliphatic rings. The van der Waals surface area contributed by atoms with Crippen LogP contribution in [0.4, 0.5) is 5.82 Å². The number of benzene rings is 1. The number of hydrogen-bond donors (Lipinski definition) is 1. The van der Waals surface area contributed by atoms with Crippen molar-refractivity contribution in [2.24, 2.45) is 0 Å². The molecule has 0 saturated heterocycles. The van der Waals surface area contributed by atoms with Gasteiger partial charge in [-0.1, -0.05) is 28.4 Å². The number of nitrogens with zero attached hydrogens (tertiary/aromatic N) is 3. The van der Waals surface area contributed by atoms with Crippen LogP contribution in [0.2, 0.25) is 10.0 Å². The van der Waals surface area contributed by atoms with Crippen molar-refractivity contribution in [1.82, 2.24) is 15.0 Å². The van der Waals surface area contributed by atoms with Crippen LogP contribution in [0.3, 0.4) is 0 Å². The van der Waals surface area contributed by atoms with E-state index in [-0.39, 0.29) is 0 Å². The molecule has 0 bridgehead atoms. The summed E-state index contributed by atoms with van der Waals surface area (Å²) in [7, 11) is 0. The monoisotopic (exact) mass is 242 g/mol. The van der Waals surface area contributed by atoms with Gasteiger partial charge in [-0.3, -0.25) is 0 Å². The molecule has 15 heavy (non-hydrogen) atoms. The summed E-state index contributed by atoms with van der Waals surface area (Å²) in [5, 5.41) is 8.77. The Morgan fingerprint density at radius 3 is 2.67 bits per heavy atom. The van der Waals surface area contributed by atoms with Gasteiger partial charge in [-0.15, -0.1) is 5.10 Å². The normalized spacial score (nSPS) is 10.6. The van der Waals surface area contributed by atoms with Crippen LogP contribution in [0.5, 0.6) is 0 Å². The van der Waals surface area contributed by atoms with Gasteiger partial charge in [0.2, 0.25) is 0 Å². The van der Waals surface area contributed by atoms with E-state index >= 15 is 0 Å². The molecule has 4 nitrogen and oxygen atoms in total. The topological polar surface area (TPSA) is 56.7 Å². The van der Waals surface area contributed by atoms with Gasteiger partial charge in [0, 0.05) is 5.02 Å². The lowest BCUT2D eigenvalue weighted by atomic mass is 10.3. The first-order valence-electron chi connectivity index (χ1n) is 4.23. The van der Waals surface area contributed by atoms with Crippen LogP contribution in [0.25, 0.3) is 5.69 Å². The highest BCUT2D eigenvalue weighted by atomic mass is 35.5. The lowest BCUT2D eigenvalue weighted by Gasteiger charge is -2.05. The van der Waals surface area contributed by atoms with Gasteiger partial charge in [0.25, 0.3) is 0 Å². The maximum atomic E-state index is 6.02. The molecule has 0 atom stereocenters. The number of anilines is 1. The minimum Gasteiger partial charge on any atom is -0.381 e. The van der Waals surface area contributed by atoms with Crippen molar-refractivity contribution in [2.75, 3.05) is 5.73 Å². The molecule has 0 fully saturated rings. The Morgan fingerprint density at radius 1 is 1.33 bits per heavy atom. The molecule has 0 aliphatic heterocycles. The molecule has 1 aromatic carbocycles. The van der Waals surface area contributed by atoms with Gasteiger partial charge < -0.3 is 5.73 Å². The zero-order chi connectivity index (χ0) is 11.0. The third-order valence-electron chi connectivity index (χ3n) is 2.07. The molecule has 0 spiro atoms. The molecule has 0 saturated carbocycles. The molecule has 2 N–H and O–H groups in total. The molecule has 78 valence electrons. The second-order valence-electron chi connectivity index (χ2n) is 3.07. The first-order chi connectivity index (χ1) is 7.09. The second-order valence-corrected chi connectivity index (χ2v) is 3.91. The van der Waals surface area contributed by atoms with E-state index in [0.717, 1.165) is 5.69 Å². The van der Waals surface area contributed by atoms with E-state index in [1.165, 1.54) is 0 Å². The van der Waals surface area contributed by atoms with E-state index in [0.29, 0.717) is 21.6 Å². The second kappa shape index (κ2) is 3.72. The van der Waals surface area contributed by atoms with E-state index in [4.69, 9.17) is 28.9 Å². The van der Waals surface area contributed by atoms with Crippen LogP contribution in [0.1, 0.15) is 5.69 Å². The molecular weight excluding hydrogens is 235 g/mol. The Hall–Kier alpha value is -1.26. The lowest BCUT2D eigenvalue weighted by molar-refractivity contribution is 0.785. The fraction of sp³-hybridized carbons (Fsp3) is 0.111. The minimum absolute atomic E-state index is 0.381. The molecule has 2 aromatic rings. The highest BCUT2D eigenvalue weighted by Gasteiger charge is 2.10. The summed E-state index contributed by atoms with van der Waals surface area (Å²) in [6.45, 7) is 1.81. The van der Waals surface area contributed by atoms with Gasteiger partial charge in [-0.2, -0.15) is 0 Å². The van der Waals surface area contributed by atoms with E-state index in [9.17, 15) is 0 Å². The van der Waals surface area contributed by atoms with Crippen molar-refractivity contribution in [1.29, 1.82) is 0 Å². The number of halogens is 2. The summed E-state index contributed by atoms with van der Waals surface area (Å²) in [6, 6.07) is 5.13. The molecule has 1 aromatic heterocycles. The molecule has 0 radical (unpaired) electrons. The summed E-state index contributed by atoms with van der Waals surface area (Å²) in [4.78, 5) is 0. The standard InChI is InChI=1S/C9H8Cl2N4/c1-5-9(12)13-14-15(5)8-4-6(10)2-3-7(8)11/h2-4H,12H2,1H3. The zero-order valence-corrected chi connectivity index (χ0v) is 9.42. The summed E-state index contributed by atoms with van der Waals surface area (Å²) in [5.41, 5.74) is 7.00. The van der Waals surface area contributed by atoms with Crippen molar-refractivity contribution in [3.8, 4) is 5.69 Å². The Kier molecular flexibility index (Phi) is 2.54. The van der Waals surface area contributed by atoms with Crippen molar-refractivity contribution in [3.05, 3.63) is 33.9 Å². The van der Waals surface area contributed by atoms with Crippen LogP contribution < -0.4 is 5.73 Å². The summed E-state index contributed by atoms with van der Waals surface area (Å²) >= 11 is 11.9. The zero-order valence-electron chi connectivity index (χ0n) is 7.91. The number of hydrogen-bond acceptors (Lipinski definition) is 3. The predicted octanol–water partition coefficient (Wildman–Crippen LogP) is 2.46. The predicted molar refractivity (Wildman–Crippen MR) is 60.5 cm³/mol. The van der Waals surface area contributed by atoms with Crippen molar-refractivity contribution in [3.63, 3.8) is 0 Å². The average Bonchev–Trinajstić information content (AvgIpc) is 2.52.